The van der Waals surface area contributed by atoms with E-state index in [1.165, 1.54) is 16.8 Å². The third-order valence-corrected chi connectivity index (χ3v) is 4.43. The lowest BCUT2D eigenvalue weighted by atomic mass is 10.1. The zero-order chi connectivity index (χ0) is 17.8. The molecule has 3 rings (SSSR count). The zero-order valence-electron chi connectivity index (χ0n) is 15.3. The Bertz CT molecular complexity index is 853. The van der Waals surface area contributed by atoms with Crippen LogP contribution in [0.2, 0.25) is 0 Å². The van der Waals surface area contributed by atoms with E-state index in [0.29, 0.717) is 0 Å². The summed E-state index contributed by atoms with van der Waals surface area (Å²) in [7, 11) is 3.29. The molecule has 4 nitrogen and oxygen atoms in total. The summed E-state index contributed by atoms with van der Waals surface area (Å²) in [5.41, 5.74) is 4.79. The second-order valence-corrected chi connectivity index (χ2v) is 6.03. The lowest BCUT2D eigenvalue weighted by Crippen LogP contribution is -2.02. The van der Waals surface area contributed by atoms with Gasteiger partial charge in [0.25, 0.3) is 0 Å². The van der Waals surface area contributed by atoms with Crippen molar-refractivity contribution >= 4 is 10.9 Å². The van der Waals surface area contributed by atoms with Crippen LogP contribution in [0.4, 0.5) is 0 Å². The maximum absolute atomic E-state index is 5.89. The summed E-state index contributed by atoms with van der Waals surface area (Å²) >= 11 is 0. The van der Waals surface area contributed by atoms with Crippen molar-refractivity contribution in [3.8, 4) is 22.8 Å². The Morgan fingerprint density at radius 1 is 1.00 bits per heavy atom. The van der Waals surface area contributed by atoms with Crippen LogP contribution in [-0.2, 0) is 11.3 Å². The Labute approximate surface area is 148 Å². The van der Waals surface area contributed by atoms with Gasteiger partial charge in [-0.1, -0.05) is 37.3 Å². The number of benzene rings is 2. The second-order valence-electron chi connectivity index (χ2n) is 6.03. The number of aryl methyl sites for hydroxylation is 2. The standard InChI is InChI=1S/C21H25NO3/c1-5-13-22-17-11-12-18(24-4)21(25-14-23-3)19(17)15(2)20(22)16-9-7-6-8-10-16/h6-12H,5,13-14H2,1-4H3. The van der Waals surface area contributed by atoms with Gasteiger partial charge in [0.05, 0.1) is 18.3 Å². The minimum atomic E-state index is 0.189. The summed E-state index contributed by atoms with van der Waals surface area (Å²) in [6.07, 6.45) is 1.06. The van der Waals surface area contributed by atoms with E-state index in [9.17, 15) is 0 Å². The fourth-order valence-electron chi connectivity index (χ4n) is 3.43. The van der Waals surface area contributed by atoms with Crippen LogP contribution in [0.5, 0.6) is 11.5 Å². The smallest absolute Gasteiger partial charge is 0.188 e. The van der Waals surface area contributed by atoms with Crippen molar-refractivity contribution in [1.29, 1.82) is 0 Å². The van der Waals surface area contributed by atoms with Crippen LogP contribution < -0.4 is 9.47 Å². The van der Waals surface area contributed by atoms with Crippen LogP contribution in [0.3, 0.4) is 0 Å². The molecule has 3 aromatic rings. The van der Waals surface area contributed by atoms with E-state index < -0.39 is 0 Å². The number of aromatic nitrogens is 1. The highest BCUT2D eigenvalue weighted by Gasteiger charge is 2.21. The molecule has 0 fully saturated rings. The van der Waals surface area contributed by atoms with Crippen molar-refractivity contribution in [1.82, 2.24) is 4.57 Å². The Morgan fingerprint density at radius 3 is 2.40 bits per heavy atom. The summed E-state index contributed by atoms with van der Waals surface area (Å²) in [6.45, 7) is 5.48. The molecule has 0 N–H and O–H groups in total. The fourth-order valence-corrected chi connectivity index (χ4v) is 3.43. The average Bonchev–Trinajstić information content (AvgIpc) is 2.93. The molecule has 0 amide bonds. The number of hydrogen-bond donors (Lipinski definition) is 0. The van der Waals surface area contributed by atoms with Gasteiger partial charge in [0.1, 0.15) is 0 Å². The third kappa shape index (κ3) is 3.10. The molecule has 1 aromatic heterocycles. The molecular formula is C21H25NO3. The van der Waals surface area contributed by atoms with Gasteiger partial charge in [0.15, 0.2) is 18.3 Å². The Hall–Kier alpha value is -2.46. The average molecular weight is 339 g/mol. The first-order chi connectivity index (χ1) is 12.2. The predicted molar refractivity (Wildman–Crippen MR) is 101 cm³/mol. The molecule has 0 aliphatic heterocycles. The van der Waals surface area contributed by atoms with E-state index in [1.807, 2.05) is 12.1 Å². The molecule has 1 heterocycles. The van der Waals surface area contributed by atoms with Crippen LogP contribution >= 0.6 is 0 Å². The van der Waals surface area contributed by atoms with Crippen molar-refractivity contribution in [3.63, 3.8) is 0 Å². The molecule has 25 heavy (non-hydrogen) atoms. The van der Waals surface area contributed by atoms with Gasteiger partial charge in [-0.3, -0.25) is 0 Å². The van der Waals surface area contributed by atoms with Crippen LogP contribution in [0.15, 0.2) is 42.5 Å². The number of fused-ring (bicyclic) bond motifs is 1. The lowest BCUT2D eigenvalue weighted by Gasteiger charge is -2.12. The van der Waals surface area contributed by atoms with Gasteiger partial charge in [0, 0.05) is 19.0 Å². The van der Waals surface area contributed by atoms with Crippen molar-refractivity contribution in [2.45, 2.75) is 26.8 Å². The molecule has 0 atom stereocenters. The first-order valence-electron chi connectivity index (χ1n) is 8.59. The van der Waals surface area contributed by atoms with Crippen LogP contribution in [0.1, 0.15) is 18.9 Å². The molecule has 0 aliphatic carbocycles. The van der Waals surface area contributed by atoms with E-state index >= 15 is 0 Å². The molecule has 0 radical (unpaired) electrons. The molecule has 2 aromatic carbocycles. The number of methoxy groups -OCH3 is 2. The molecule has 0 spiro atoms. The molecular weight excluding hydrogens is 314 g/mol. The molecule has 132 valence electrons. The van der Waals surface area contributed by atoms with Gasteiger partial charge in [-0.25, -0.2) is 0 Å². The summed E-state index contributed by atoms with van der Waals surface area (Å²) < 4.78 is 18.9. The van der Waals surface area contributed by atoms with Gasteiger partial charge in [-0.05, 0) is 36.6 Å². The van der Waals surface area contributed by atoms with E-state index in [2.05, 4.69) is 48.7 Å². The highest BCUT2D eigenvalue weighted by Crippen LogP contribution is 2.43. The number of hydrogen-bond acceptors (Lipinski definition) is 3. The molecule has 0 unspecified atom stereocenters. The summed E-state index contributed by atoms with van der Waals surface area (Å²) in [4.78, 5) is 0. The van der Waals surface area contributed by atoms with Crippen LogP contribution in [0.25, 0.3) is 22.2 Å². The minimum Gasteiger partial charge on any atom is -0.493 e. The zero-order valence-corrected chi connectivity index (χ0v) is 15.3. The molecule has 0 aliphatic rings. The van der Waals surface area contributed by atoms with Gasteiger partial charge in [-0.15, -0.1) is 0 Å². The van der Waals surface area contributed by atoms with E-state index in [0.717, 1.165) is 35.4 Å². The summed E-state index contributed by atoms with van der Waals surface area (Å²) in [5.74, 6) is 1.47. The first kappa shape index (κ1) is 17.4. The van der Waals surface area contributed by atoms with Crippen molar-refractivity contribution in [2.75, 3.05) is 21.0 Å². The summed E-state index contributed by atoms with van der Waals surface area (Å²) in [5, 5.41) is 1.09. The monoisotopic (exact) mass is 339 g/mol. The fraction of sp³-hybridized carbons (Fsp3) is 0.333. The SMILES string of the molecule is CCCn1c(-c2ccccc2)c(C)c2c(OCOC)c(OC)ccc21. The van der Waals surface area contributed by atoms with Crippen molar-refractivity contribution in [2.24, 2.45) is 0 Å². The Morgan fingerprint density at radius 2 is 1.76 bits per heavy atom. The molecule has 4 heteroatoms. The quantitative estimate of drug-likeness (QED) is 0.567. The number of ether oxygens (including phenoxy) is 3. The predicted octanol–water partition coefficient (Wildman–Crippen LogP) is 5.02. The molecule has 0 bridgehead atoms. The normalized spacial score (nSPS) is 11.0. The molecule has 0 saturated carbocycles. The van der Waals surface area contributed by atoms with Gasteiger partial charge < -0.3 is 18.8 Å². The van der Waals surface area contributed by atoms with Crippen molar-refractivity contribution in [3.05, 3.63) is 48.0 Å². The van der Waals surface area contributed by atoms with Crippen molar-refractivity contribution < 1.29 is 14.2 Å². The lowest BCUT2D eigenvalue weighted by molar-refractivity contribution is 0.0503. The summed E-state index contributed by atoms with van der Waals surface area (Å²) in [6, 6.07) is 14.6. The Balaban J connectivity index is 2.33. The highest BCUT2D eigenvalue weighted by molar-refractivity contribution is 5.97. The maximum atomic E-state index is 5.89. The minimum absolute atomic E-state index is 0.189. The largest absolute Gasteiger partial charge is 0.493 e. The van der Waals surface area contributed by atoms with Gasteiger partial charge >= 0.3 is 0 Å². The first-order valence-corrected chi connectivity index (χ1v) is 8.59. The van der Waals surface area contributed by atoms with Gasteiger partial charge in [-0.2, -0.15) is 0 Å². The van der Waals surface area contributed by atoms with Crippen LogP contribution in [-0.4, -0.2) is 25.6 Å². The maximum Gasteiger partial charge on any atom is 0.188 e. The Kier molecular flexibility index (Phi) is 5.29. The van der Waals surface area contributed by atoms with Crippen LogP contribution in [0, 0.1) is 6.92 Å². The van der Waals surface area contributed by atoms with E-state index in [-0.39, 0.29) is 6.79 Å². The third-order valence-electron chi connectivity index (χ3n) is 4.43. The van der Waals surface area contributed by atoms with Gasteiger partial charge in [0.2, 0.25) is 0 Å². The molecule has 0 saturated heterocycles. The van der Waals surface area contributed by atoms with E-state index in [1.54, 1.807) is 14.2 Å². The second kappa shape index (κ2) is 7.62. The number of nitrogens with zero attached hydrogens (tertiary/aromatic N) is 1. The highest BCUT2D eigenvalue weighted by atomic mass is 16.7. The number of rotatable bonds is 7. The topological polar surface area (TPSA) is 32.6 Å². The van der Waals surface area contributed by atoms with E-state index in [4.69, 9.17) is 14.2 Å².